The zero-order valence-corrected chi connectivity index (χ0v) is 21.8. The first-order valence-corrected chi connectivity index (χ1v) is 12.7. The van der Waals surface area contributed by atoms with E-state index in [1.165, 1.54) is 0 Å². The number of halogens is 1. The van der Waals surface area contributed by atoms with Crippen LogP contribution in [0.5, 0.6) is 0 Å². The van der Waals surface area contributed by atoms with Gasteiger partial charge in [0.2, 0.25) is 0 Å². The summed E-state index contributed by atoms with van der Waals surface area (Å²) in [5.41, 5.74) is 11.7. The molecule has 37 heavy (non-hydrogen) atoms. The number of aromatic nitrogens is 1. The van der Waals surface area contributed by atoms with Gasteiger partial charge in [0.25, 0.3) is 0 Å². The highest BCUT2D eigenvalue weighted by Gasteiger charge is 2.32. The molecule has 1 aliphatic carbocycles. The monoisotopic (exact) mass is 512 g/mol. The molecule has 1 saturated carbocycles. The molecule has 5 rings (SSSR count). The van der Waals surface area contributed by atoms with E-state index in [-0.39, 0.29) is 11.5 Å². The van der Waals surface area contributed by atoms with Crippen molar-refractivity contribution in [2.75, 3.05) is 17.2 Å². The van der Waals surface area contributed by atoms with Gasteiger partial charge in [0.1, 0.15) is 6.07 Å². The number of benzene rings is 2. The molecule has 2 aliphatic rings. The van der Waals surface area contributed by atoms with E-state index in [0.29, 0.717) is 34.3 Å². The standard InChI is InChI=1S/C28H29ClN8/c1-28(2,3)16-33-25-19(13-31)14-32-27-22(25)10-20(11-23(27)29)34-26(18-6-4-17(12-30)5-7-18)24-15-37(36-35-24)21-8-9-21/h4-7,10-11,14-15,21,26,34-36H,8-9,16H2,1-3H3,(H,32,33)/t26-/m0/s1. The highest BCUT2D eigenvalue weighted by atomic mass is 35.5. The molecular weight excluding hydrogens is 484 g/mol. The number of nitrogens with zero attached hydrogens (tertiary/aromatic N) is 4. The van der Waals surface area contributed by atoms with Gasteiger partial charge in [0, 0.05) is 36.1 Å². The van der Waals surface area contributed by atoms with E-state index in [2.05, 4.69) is 70.7 Å². The summed E-state index contributed by atoms with van der Waals surface area (Å²) in [5.74, 6) is 0. The van der Waals surface area contributed by atoms with Crippen molar-refractivity contribution in [1.82, 2.24) is 21.0 Å². The summed E-state index contributed by atoms with van der Waals surface area (Å²) in [7, 11) is 0. The molecule has 0 amide bonds. The lowest BCUT2D eigenvalue weighted by Crippen LogP contribution is -2.38. The Morgan fingerprint density at radius 2 is 1.92 bits per heavy atom. The maximum atomic E-state index is 9.77. The fraction of sp³-hybridized carbons (Fsp3) is 0.321. The van der Waals surface area contributed by atoms with Crippen molar-refractivity contribution < 1.29 is 0 Å². The van der Waals surface area contributed by atoms with Gasteiger partial charge in [-0.25, -0.2) is 0 Å². The summed E-state index contributed by atoms with van der Waals surface area (Å²) in [6.45, 7) is 7.10. The van der Waals surface area contributed by atoms with Crippen LogP contribution in [0.15, 0.2) is 54.5 Å². The van der Waals surface area contributed by atoms with Crippen LogP contribution in [0, 0.1) is 28.1 Å². The Labute approximate surface area is 221 Å². The van der Waals surface area contributed by atoms with Crippen molar-refractivity contribution in [1.29, 1.82) is 10.5 Å². The molecule has 1 atom stereocenters. The summed E-state index contributed by atoms with van der Waals surface area (Å²) < 4.78 is 0. The first kappa shape index (κ1) is 24.7. The molecular formula is C28H29ClN8. The Hall–Kier alpha value is -3.98. The summed E-state index contributed by atoms with van der Waals surface area (Å²) in [6, 6.07) is 16.1. The predicted molar refractivity (Wildman–Crippen MR) is 146 cm³/mol. The smallest absolute Gasteiger partial charge is 0.103 e. The van der Waals surface area contributed by atoms with Crippen LogP contribution in [0.1, 0.15) is 56.3 Å². The highest BCUT2D eigenvalue weighted by Crippen LogP contribution is 2.37. The first-order chi connectivity index (χ1) is 17.8. The van der Waals surface area contributed by atoms with Gasteiger partial charge < -0.3 is 16.1 Å². The normalized spacial score (nSPS) is 15.9. The molecule has 4 N–H and O–H groups in total. The number of hydrogen-bond acceptors (Lipinski definition) is 8. The van der Waals surface area contributed by atoms with E-state index in [1.54, 1.807) is 6.20 Å². The average Bonchev–Trinajstić information content (AvgIpc) is 3.62. The maximum Gasteiger partial charge on any atom is 0.103 e. The van der Waals surface area contributed by atoms with Crippen molar-refractivity contribution in [3.63, 3.8) is 0 Å². The van der Waals surface area contributed by atoms with Crippen molar-refractivity contribution in [2.24, 2.45) is 5.41 Å². The second-order valence-corrected chi connectivity index (χ2v) is 11.1. The fourth-order valence-corrected chi connectivity index (χ4v) is 4.54. The molecule has 1 fully saturated rings. The largest absolute Gasteiger partial charge is 0.383 e. The third-order valence-corrected chi connectivity index (χ3v) is 6.67. The Morgan fingerprint density at radius 1 is 1.16 bits per heavy atom. The van der Waals surface area contributed by atoms with E-state index in [9.17, 15) is 10.5 Å². The maximum absolute atomic E-state index is 9.77. The van der Waals surface area contributed by atoms with Gasteiger partial charge >= 0.3 is 0 Å². The number of nitriles is 2. The van der Waals surface area contributed by atoms with Crippen LogP contribution < -0.4 is 21.6 Å². The number of rotatable bonds is 7. The second-order valence-electron chi connectivity index (χ2n) is 10.7. The zero-order chi connectivity index (χ0) is 26.2. The average molecular weight is 513 g/mol. The SMILES string of the molecule is CC(C)(C)CNc1c(C#N)cnc2c(Cl)cc(N[C@H](C3=CN(C4CC4)NN3)c3ccc(C#N)cc3)cc12. The van der Waals surface area contributed by atoms with Gasteiger partial charge in [-0.1, -0.05) is 44.5 Å². The van der Waals surface area contributed by atoms with Crippen molar-refractivity contribution in [2.45, 2.75) is 45.7 Å². The minimum atomic E-state index is -0.240. The van der Waals surface area contributed by atoms with Gasteiger partial charge in [-0.05, 0) is 48.1 Å². The minimum Gasteiger partial charge on any atom is -0.383 e. The van der Waals surface area contributed by atoms with Gasteiger partial charge in [0.05, 0.1) is 45.2 Å². The third-order valence-electron chi connectivity index (χ3n) is 6.38. The third kappa shape index (κ3) is 5.41. The molecule has 0 spiro atoms. The van der Waals surface area contributed by atoms with E-state index in [0.717, 1.165) is 40.9 Å². The molecule has 0 bridgehead atoms. The van der Waals surface area contributed by atoms with Crippen molar-refractivity contribution in [3.05, 3.63) is 76.2 Å². The van der Waals surface area contributed by atoms with E-state index in [1.807, 2.05) is 36.4 Å². The van der Waals surface area contributed by atoms with E-state index in [4.69, 9.17) is 11.6 Å². The Kier molecular flexibility index (Phi) is 6.55. The second kappa shape index (κ2) is 9.82. The number of fused-ring (bicyclic) bond motifs is 1. The number of pyridine rings is 1. The molecule has 2 heterocycles. The number of hydrazine groups is 2. The summed E-state index contributed by atoms with van der Waals surface area (Å²) in [5, 5.41) is 29.5. The van der Waals surface area contributed by atoms with Crippen LogP contribution in [-0.4, -0.2) is 22.6 Å². The lowest BCUT2D eigenvalue weighted by atomic mass is 9.96. The quantitative estimate of drug-likeness (QED) is 0.325. The van der Waals surface area contributed by atoms with Crippen LogP contribution in [0.2, 0.25) is 5.02 Å². The molecule has 188 valence electrons. The molecule has 0 radical (unpaired) electrons. The molecule has 0 saturated heterocycles. The summed E-state index contributed by atoms with van der Waals surface area (Å²) in [4.78, 5) is 4.47. The Bertz CT molecular complexity index is 1440. The lowest BCUT2D eigenvalue weighted by Gasteiger charge is -2.23. The minimum absolute atomic E-state index is 0.0176. The fourth-order valence-electron chi connectivity index (χ4n) is 4.27. The van der Waals surface area contributed by atoms with Crippen LogP contribution in [0.3, 0.4) is 0 Å². The van der Waals surface area contributed by atoms with Crippen molar-refractivity contribution in [3.8, 4) is 12.1 Å². The molecule has 0 unspecified atom stereocenters. The first-order valence-electron chi connectivity index (χ1n) is 12.3. The molecule has 9 heteroatoms. The van der Waals surface area contributed by atoms with Gasteiger partial charge in [0.15, 0.2) is 0 Å². The lowest BCUT2D eigenvalue weighted by molar-refractivity contribution is 0.260. The number of hydrogen-bond donors (Lipinski definition) is 4. The van der Waals surface area contributed by atoms with Gasteiger partial charge in [-0.3, -0.25) is 9.99 Å². The van der Waals surface area contributed by atoms with Crippen LogP contribution in [0.25, 0.3) is 10.9 Å². The highest BCUT2D eigenvalue weighted by molar-refractivity contribution is 6.35. The van der Waals surface area contributed by atoms with Gasteiger partial charge in [-0.15, -0.1) is 5.53 Å². The Morgan fingerprint density at radius 3 is 2.57 bits per heavy atom. The van der Waals surface area contributed by atoms with Crippen LogP contribution >= 0.6 is 11.6 Å². The number of anilines is 2. The molecule has 3 aromatic rings. The van der Waals surface area contributed by atoms with Crippen LogP contribution in [0.4, 0.5) is 11.4 Å². The molecule has 2 aromatic carbocycles. The van der Waals surface area contributed by atoms with Gasteiger partial charge in [-0.2, -0.15) is 10.5 Å². The Balaban J connectivity index is 1.55. The van der Waals surface area contributed by atoms with Crippen LogP contribution in [-0.2, 0) is 0 Å². The summed E-state index contributed by atoms with van der Waals surface area (Å²) >= 11 is 6.72. The predicted octanol–water partition coefficient (Wildman–Crippen LogP) is 5.57. The zero-order valence-electron chi connectivity index (χ0n) is 21.1. The topological polar surface area (TPSA) is 112 Å². The van der Waals surface area contributed by atoms with E-state index < -0.39 is 0 Å². The molecule has 1 aromatic heterocycles. The van der Waals surface area contributed by atoms with E-state index >= 15 is 0 Å². The van der Waals surface area contributed by atoms with Crippen molar-refractivity contribution >= 4 is 33.9 Å². The summed E-state index contributed by atoms with van der Waals surface area (Å²) in [6.07, 6.45) is 5.97. The molecule has 8 nitrogen and oxygen atoms in total. The molecule has 1 aliphatic heterocycles. The number of nitrogens with one attached hydrogen (secondary N) is 4.